The van der Waals surface area contributed by atoms with E-state index in [0.717, 1.165) is 0 Å². The Morgan fingerprint density at radius 1 is 1.73 bits per heavy atom. The van der Waals surface area contributed by atoms with E-state index in [2.05, 4.69) is 0 Å². The van der Waals surface area contributed by atoms with Crippen molar-refractivity contribution >= 4 is 7.85 Å². The molecule has 1 fully saturated rings. The Labute approximate surface area is 67.8 Å². The van der Waals surface area contributed by atoms with Gasteiger partial charge < -0.3 is 14.9 Å². The van der Waals surface area contributed by atoms with Crippen LogP contribution in [0.4, 0.5) is 0 Å². The lowest BCUT2D eigenvalue weighted by atomic mass is 9.81. The Kier molecular flexibility index (Phi) is 2.93. The van der Waals surface area contributed by atoms with E-state index in [9.17, 15) is 5.11 Å². The fourth-order valence-electron chi connectivity index (χ4n) is 1.45. The lowest BCUT2D eigenvalue weighted by molar-refractivity contribution is 0.0340. The summed E-state index contributed by atoms with van der Waals surface area (Å²) < 4.78 is 5.32. The van der Waals surface area contributed by atoms with E-state index in [4.69, 9.17) is 9.84 Å². The zero-order valence-electron chi connectivity index (χ0n) is 7.03. The molecule has 0 aromatic carbocycles. The molecule has 4 atom stereocenters. The van der Waals surface area contributed by atoms with E-state index in [1.807, 2.05) is 14.8 Å². The van der Waals surface area contributed by atoms with Crippen LogP contribution in [-0.4, -0.2) is 43.5 Å². The predicted molar refractivity (Wildman–Crippen MR) is 44.3 cm³/mol. The molecule has 64 valence electrons. The first-order valence-corrected chi connectivity index (χ1v) is 4.07. The van der Waals surface area contributed by atoms with Crippen LogP contribution in [-0.2, 0) is 4.74 Å². The molecular weight excluding hydrogens is 143 g/mol. The molecule has 2 N–H and O–H groups in total. The highest BCUT2D eigenvalue weighted by Gasteiger charge is 2.36. The molecule has 2 unspecified atom stereocenters. The summed E-state index contributed by atoms with van der Waals surface area (Å²) in [5.41, 5.74) is 0. The zero-order chi connectivity index (χ0) is 8.43. The van der Waals surface area contributed by atoms with Gasteiger partial charge >= 0.3 is 0 Å². The van der Waals surface area contributed by atoms with E-state index in [1.165, 1.54) is 0 Å². The summed E-state index contributed by atoms with van der Waals surface area (Å²) in [7, 11) is 2.01. The Hall–Kier alpha value is -0.0551. The quantitative estimate of drug-likeness (QED) is 0.496. The van der Waals surface area contributed by atoms with Crippen LogP contribution in [0.15, 0.2) is 0 Å². The topological polar surface area (TPSA) is 49.7 Å². The maximum Gasteiger partial charge on any atom is 0.108 e. The van der Waals surface area contributed by atoms with Crippen molar-refractivity contribution in [3.63, 3.8) is 0 Å². The standard InChI is InChI=1S/C7H15BO3/c1-4(8)7-6(10)5(2-9)3-11-7/h4-7,9-10H,2-3,8H2,1H3/t4-,5?,6?,7-/m1/s1. The molecule has 0 saturated carbocycles. The van der Waals surface area contributed by atoms with Crippen LogP contribution in [0.1, 0.15) is 6.92 Å². The van der Waals surface area contributed by atoms with Crippen LogP contribution in [0, 0.1) is 5.92 Å². The molecule has 0 spiro atoms. The van der Waals surface area contributed by atoms with E-state index >= 15 is 0 Å². The second-order valence-electron chi connectivity index (χ2n) is 3.48. The molecule has 1 saturated heterocycles. The minimum atomic E-state index is -0.486. The summed E-state index contributed by atoms with van der Waals surface area (Å²) in [4.78, 5) is 0. The molecule has 1 rings (SSSR count). The normalized spacial score (nSPS) is 40.8. The van der Waals surface area contributed by atoms with Crippen molar-refractivity contribution in [2.75, 3.05) is 13.2 Å². The van der Waals surface area contributed by atoms with Crippen molar-refractivity contribution in [2.45, 2.75) is 24.9 Å². The third-order valence-corrected chi connectivity index (χ3v) is 2.21. The maximum atomic E-state index is 9.53. The molecular formula is C7H15BO3. The number of hydrogen-bond donors (Lipinski definition) is 2. The second kappa shape index (κ2) is 3.56. The van der Waals surface area contributed by atoms with Gasteiger partial charge in [0.1, 0.15) is 7.85 Å². The summed E-state index contributed by atoms with van der Waals surface area (Å²) in [5.74, 6) is 0.240. The molecule has 11 heavy (non-hydrogen) atoms. The molecule has 1 aliphatic heterocycles. The Morgan fingerprint density at radius 3 is 2.64 bits per heavy atom. The number of ether oxygens (including phenoxy) is 1. The Morgan fingerprint density at radius 2 is 2.36 bits per heavy atom. The van der Waals surface area contributed by atoms with Crippen molar-refractivity contribution in [1.29, 1.82) is 0 Å². The number of aliphatic hydroxyl groups excluding tert-OH is 2. The van der Waals surface area contributed by atoms with Crippen molar-refractivity contribution in [1.82, 2.24) is 0 Å². The highest BCUT2D eigenvalue weighted by atomic mass is 16.5. The van der Waals surface area contributed by atoms with Gasteiger partial charge in [0.2, 0.25) is 0 Å². The van der Waals surface area contributed by atoms with E-state index in [-0.39, 0.29) is 18.6 Å². The summed E-state index contributed by atoms with van der Waals surface area (Å²) in [6.07, 6.45) is -0.577. The number of hydrogen-bond acceptors (Lipinski definition) is 3. The predicted octanol–water partition coefficient (Wildman–Crippen LogP) is -1.20. The zero-order valence-corrected chi connectivity index (χ0v) is 7.03. The van der Waals surface area contributed by atoms with Gasteiger partial charge in [-0.1, -0.05) is 6.92 Å². The average Bonchev–Trinajstić information content (AvgIpc) is 2.30. The van der Waals surface area contributed by atoms with Crippen molar-refractivity contribution in [3.8, 4) is 0 Å². The van der Waals surface area contributed by atoms with Crippen molar-refractivity contribution < 1.29 is 14.9 Å². The van der Waals surface area contributed by atoms with Crippen LogP contribution in [0.5, 0.6) is 0 Å². The molecule has 0 radical (unpaired) electrons. The van der Waals surface area contributed by atoms with Gasteiger partial charge in [0, 0.05) is 5.92 Å². The number of rotatable bonds is 2. The fourth-order valence-corrected chi connectivity index (χ4v) is 1.45. The summed E-state index contributed by atoms with van der Waals surface area (Å²) >= 11 is 0. The molecule has 0 aliphatic carbocycles. The van der Waals surface area contributed by atoms with Gasteiger partial charge in [-0.25, -0.2) is 0 Å². The SMILES string of the molecule is B[C@H](C)[C@H]1OCC(CO)C1O. The summed E-state index contributed by atoms with van der Waals surface area (Å²) in [6, 6.07) is 0. The second-order valence-corrected chi connectivity index (χ2v) is 3.48. The third-order valence-electron chi connectivity index (χ3n) is 2.21. The minimum absolute atomic E-state index is 0.0182. The van der Waals surface area contributed by atoms with Crippen LogP contribution >= 0.6 is 0 Å². The monoisotopic (exact) mass is 158 g/mol. The van der Waals surface area contributed by atoms with Gasteiger partial charge in [0.05, 0.1) is 25.4 Å². The third kappa shape index (κ3) is 1.75. The van der Waals surface area contributed by atoms with Crippen LogP contribution in [0.25, 0.3) is 0 Å². The average molecular weight is 158 g/mol. The van der Waals surface area contributed by atoms with Crippen molar-refractivity contribution in [2.24, 2.45) is 5.92 Å². The molecule has 4 heteroatoms. The van der Waals surface area contributed by atoms with Crippen LogP contribution in [0.3, 0.4) is 0 Å². The fraction of sp³-hybridized carbons (Fsp3) is 1.00. The molecule has 3 nitrogen and oxygen atoms in total. The van der Waals surface area contributed by atoms with Crippen molar-refractivity contribution in [3.05, 3.63) is 0 Å². The maximum absolute atomic E-state index is 9.53. The highest BCUT2D eigenvalue weighted by molar-refractivity contribution is 6.11. The highest BCUT2D eigenvalue weighted by Crippen LogP contribution is 2.26. The van der Waals surface area contributed by atoms with Gasteiger partial charge in [-0.3, -0.25) is 0 Å². The molecule has 1 heterocycles. The molecule has 1 aliphatic rings. The van der Waals surface area contributed by atoms with E-state index in [0.29, 0.717) is 12.4 Å². The van der Waals surface area contributed by atoms with Gasteiger partial charge in [0.25, 0.3) is 0 Å². The largest absolute Gasteiger partial charge is 0.396 e. The smallest absolute Gasteiger partial charge is 0.108 e. The first-order chi connectivity index (χ1) is 5.16. The lowest BCUT2D eigenvalue weighted by Crippen LogP contribution is -2.30. The minimum Gasteiger partial charge on any atom is -0.396 e. The van der Waals surface area contributed by atoms with Gasteiger partial charge in [-0.05, 0) is 5.82 Å². The van der Waals surface area contributed by atoms with E-state index in [1.54, 1.807) is 0 Å². The van der Waals surface area contributed by atoms with E-state index < -0.39 is 6.10 Å². The van der Waals surface area contributed by atoms with Gasteiger partial charge in [-0.15, -0.1) is 0 Å². The first kappa shape index (κ1) is 9.04. The van der Waals surface area contributed by atoms with Crippen LogP contribution in [0.2, 0.25) is 5.82 Å². The molecule has 0 aromatic heterocycles. The Balaban J connectivity index is 2.48. The molecule has 0 aromatic rings. The summed E-state index contributed by atoms with van der Waals surface area (Å²) in [6.45, 7) is 2.51. The van der Waals surface area contributed by atoms with Crippen LogP contribution < -0.4 is 0 Å². The summed E-state index contributed by atoms with van der Waals surface area (Å²) in [5, 5.41) is 18.3. The number of aliphatic hydroxyl groups is 2. The van der Waals surface area contributed by atoms with Gasteiger partial charge in [-0.2, -0.15) is 0 Å². The van der Waals surface area contributed by atoms with Gasteiger partial charge in [0.15, 0.2) is 0 Å². The molecule has 0 amide bonds. The molecule has 0 bridgehead atoms. The Bertz CT molecular complexity index is 129. The first-order valence-electron chi connectivity index (χ1n) is 4.07. The lowest BCUT2D eigenvalue weighted by Gasteiger charge is -2.19.